The summed E-state index contributed by atoms with van der Waals surface area (Å²) in [7, 11) is 0. The fraction of sp³-hybridized carbons (Fsp3) is 0.615. The first-order valence-electron chi connectivity index (χ1n) is 6.80. The summed E-state index contributed by atoms with van der Waals surface area (Å²) >= 11 is 1.85. The number of rotatable bonds is 10. The maximum atomic E-state index is 10.9. The van der Waals surface area contributed by atoms with Crippen molar-refractivity contribution in [1.82, 2.24) is 4.98 Å². The van der Waals surface area contributed by atoms with E-state index in [1.54, 1.807) is 0 Å². The van der Waals surface area contributed by atoms with Gasteiger partial charge in [0.1, 0.15) is 11.6 Å². The molecule has 6 nitrogen and oxygen atoms in total. The Balaban J connectivity index is 2.53. The van der Waals surface area contributed by atoms with Gasteiger partial charge in [-0.3, -0.25) is 10.1 Å². The number of anilines is 2. The summed E-state index contributed by atoms with van der Waals surface area (Å²) in [6, 6.07) is 2.93. The van der Waals surface area contributed by atoms with Crippen LogP contribution in [-0.2, 0) is 0 Å². The Kier molecular flexibility index (Phi) is 7.79. The topological polar surface area (TPSA) is 80.1 Å². The fourth-order valence-electron chi connectivity index (χ4n) is 1.75. The molecule has 0 aliphatic heterocycles. The molecule has 0 atom stereocenters. The van der Waals surface area contributed by atoms with Gasteiger partial charge in [0, 0.05) is 13.1 Å². The van der Waals surface area contributed by atoms with Gasteiger partial charge in [0.15, 0.2) is 0 Å². The highest BCUT2D eigenvalue weighted by Gasteiger charge is 2.10. The summed E-state index contributed by atoms with van der Waals surface area (Å²) in [6.45, 7) is 3.40. The zero-order chi connectivity index (χ0) is 14.8. The standard InChI is InChI=1S/C13H22N4O2S/c1-3-14-12-9-11(17(18)19)10-13(16-12)15-7-5-4-6-8-20-2/h9-10H,3-8H2,1-2H3,(H2,14,15,16). The van der Waals surface area contributed by atoms with Gasteiger partial charge < -0.3 is 10.6 Å². The van der Waals surface area contributed by atoms with Gasteiger partial charge >= 0.3 is 0 Å². The second kappa shape index (κ2) is 9.41. The molecule has 0 fully saturated rings. The van der Waals surface area contributed by atoms with Gasteiger partial charge in [0.05, 0.1) is 17.1 Å². The van der Waals surface area contributed by atoms with Crippen LogP contribution in [0.2, 0.25) is 0 Å². The van der Waals surface area contributed by atoms with Crippen molar-refractivity contribution in [2.75, 3.05) is 35.7 Å². The monoisotopic (exact) mass is 298 g/mol. The average Bonchev–Trinajstić information content (AvgIpc) is 2.43. The Hall–Kier alpha value is -1.50. The normalized spacial score (nSPS) is 10.3. The number of nitro groups is 1. The van der Waals surface area contributed by atoms with Crippen molar-refractivity contribution >= 4 is 29.1 Å². The van der Waals surface area contributed by atoms with Crippen LogP contribution in [0.1, 0.15) is 26.2 Å². The van der Waals surface area contributed by atoms with Gasteiger partial charge in [0.25, 0.3) is 5.69 Å². The molecule has 0 unspecified atom stereocenters. The van der Waals surface area contributed by atoms with Crippen LogP contribution in [-0.4, -0.2) is 35.0 Å². The van der Waals surface area contributed by atoms with E-state index in [0.717, 1.165) is 19.4 Å². The molecule has 0 saturated carbocycles. The van der Waals surface area contributed by atoms with Gasteiger partial charge in [0.2, 0.25) is 0 Å². The van der Waals surface area contributed by atoms with Gasteiger partial charge in [-0.1, -0.05) is 6.42 Å². The predicted molar refractivity (Wildman–Crippen MR) is 85.8 cm³/mol. The molecule has 0 amide bonds. The highest BCUT2D eigenvalue weighted by Crippen LogP contribution is 2.20. The Labute approximate surface area is 123 Å². The van der Waals surface area contributed by atoms with E-state index in [-0.39, 0.29) is 5.69 Å². The number of thioether (sulfide) groups is 1. The lowest BCUT2D eigenvalue weighted by atomic mass is 10.2. The van der Waals surface area contributed by atoms with E-state index in [2.05, 4.69) is 21.9 Å². The molecule has 0 aliphatic carbocycles. The molecule has 20 heavy (non-hydrogen) atoms. The van der Waals surface area contributed by atoms with Crippen molar-refractivity contribution in [3.05, 3.63) is 22.2 Å². The summed E-state index contributed by atoms with van der Waals surface area (Å²) in [6.07, 6.45) is 5.51. The van der Waals surface area contributed by atoms with Crippen LogP contribution in [0, 0.1) is 10.1 Å². The lowest BCUT2D eigenvalue weighted by molar-refractivity contribution is -0.384. The molecule has 112 valence electrons. The fourth-order valence-corrected chi connectivity index (χ4v) is 2.24. The van der Waals surface area contributed by atoms with Crippen molar-refractivity contribution in [2.24, 2.45) is 0 Å². The second-order valence-corrected chi connectivity index (χ2v) is 5.35. The molecule has 0 aliphatic rings. The van der Waals surface area contributed by atoms with E-state index in [4.69, 9.17) is 0 Å². The Morgan fingerprint density at radius 2 is 1.95 bits per heavy atom. The van der Waals surface area contributed by atoms with E-state index in [9.17, 15) is 10.1 Å². The highest BCUT2D eigenvalue weighted by atomic mass is 32.2. The van der Waals surface area contributed by atoms with Gasteiger partial charge in [-0.15, -0.1) is 0 Å². The number of hydrogen-bond acceptors (Lipinski definition) is 6. The molecule has 2 N–H and O–H groups in total. The highest BCUT2D eigenvalue weighted by molar-refractivity contribution is 7.98. The SMILES string of the molecule is CCNc1cc([N+](=O)[O-])cc(NCCCCCSC)n1. The molecular weight excluding hydrogens is 276 g/mol. The van der Waals surface area contributed by atoms with Gasteiger partial charge in [-0.25, -0.2) is 4.98 Å². The van der Waals surface area contributed by atoms with Gasteiger partial charge in [-0.2, -0.15) is 11.8 Å². The number of unbranched alkanes of at least 4 members (excludes halogenated alkanes) is 2. The van der Waals surface area contributed by atoms with Crippen molar-refractivity contribution in [3.8, 4) is 0 Å². The molecule has 0 spiro atoms. The van der Waals surface area contributed by atoms with E-state index in [1.165, 1.54) is 24.3 Å². The average molecular weight is 298 g/mol. The number of nitrogens with zero attached hydrogens (tertiary/aromatic N) is 2. The number of aromatic nitrogens is 1. The maximum absolute atomic E-state index is 10.9. The summed E-state index contributed by atoms with van der Waals surface area (Å²) in [4.78, 5) is 14.8. The predicted octanol–water partition coefficient (Wildman–Crippen LogP) is 3.37. The van der Waals surface area contributed by atoms with E-state index < -0.39 is 4.92 Å². The third-order valence-electron chi connectivity index (χ3n) is 2.71. The zero-order valence-electron chi connectivity index (χ0n) is 12.0. The molecule has 7 heteroatoms. The van der Waals surface area contributed by atoms with Crippen LogP contribution in [0.3, 0.4) is 0 Å². The zero-order valence-corrected chi connectivity index (χ0v) is 12.8. The molecule has 1 heterocycles. The minimum Gasteiger partial charge on any atom is -0.370 e. The minimum atomic E-state index is -0.397. The second-order valence-electron chi connectivity index (χ2n) is 4.36. The third-order valence-corrected chi connectivity index (χ3v) is 3.41. The first-order chi connectivity index (χ1) is 9.67. The van der Waals surface area contributed by atoms with Crippen molar-refractivity contribution in [2.45, 2.75) is 26.2 Å². The smallest absolute Gasteiger partial charge is 0.276 e. The molecule has 0 aromatic carbocycles. The third kappa shape index (κ3) is 6.10. The Bertz CT molecular complexity index is 429. The van der Waals surface area contributed by atoms with Crippen LogP contribution in [0.25, 0.3) is 0 Å². The number of pyridine rings is 1. The number of nitrogens with one attached hydrogen (secondary N) is 2. The molecule has 0 bridgehead atoms. The van der Waals surface area contributed by atoms with E-state index in [0.29, 0.717) is 18.2 Å². The van der Waals surface area contributed by atoms with Crippen LogP contribution < -0.4 is 10.6 Å². The van der Waals surface area contributed by atoms with E-state index in [1.807, 2.05) is 18.7 Å². The molecular formula is C13H22N4O2S. The summed E-state index contributed by atoms with van der Waals surface area (Å²) in [5.74, 6) is 2.27. The Morgan fingerprint density at radius 3 is 2.55 bits per heavy atom. The first kappa shape index (κ1) is 16.6. The lowest BCUT2D eigenvalue weighted by Crippen LogP contribution is -2.07. The van der Waals surface area contributed by atoms with Crippen molar-refractivity contribution in [1.29, 1.82) is 0 Å². The summed E-state index contributed by atoms with van der Waals surface area (Å²) in [5, 5.41) is 17.0. The molecule has 0 saturated heterocycles. The summed E-state index contributed by atoms with van der Waals surface area (Å²) in [5.41, 5.74) is 0.0563. The lowest BCUT2D eigenvalue weighted by Gasteiger charge is -2.08. The van der Waals surface area contributed by atoms with Crippen LogP contribution in [0.4, 0.5) is 17.3 Å². The van der Waals surface area contributed by atoms with Gasteiger partial charge in [-0.05, 0) is 31.8 Å². The molecule has 1 aromatic rings. The van der Waals surface area contributed by atoms with Crippen LogP contribution in [0.15, 0.2) is 12.1 Å². The quantitative estimate of drug-likeness (QED) is 0.391. The summed E-state index contributed by atoms with van der Waals surface area (Å²) < 4.78 is 0. The van der Waals surface area contributed by atoms with E-state index >= 15 is 0 Å². The largest absolute Gasteiger partial charge is 0.370 e. The first-order valence-corrected chi connectivity index (χ1v) is 8.20. The molecule has 1 aromatic heterocycles. The minimum absolute atomic E-state index is 0.0563. The van der Waals surface area contributed by atoms with Crippen molar-refractivity contribution < 1.29 is 4.92 Å². The van der Waals surface area contributed by atoms with Crippen molar-refractivity contribution in [3.63, 3.8) is 0 Å². The molecule has 0 radical (unpaired) electrons. The van der Waals surface area contributed by atoms with Crippen LogP contribution in [0.5, 0.6) is 0 Å². The van der Waals surface area contributed by atoms with Crippen LogP contribution >= 0.6 is 11.8 Å². The molecule has 1 rings (SSSR count). The number of hydrogen-bond donors (Lipinski definition) is 2. The maximum Gasteiger partial charge on any atom is 0.276 e. The Morgan fingerprint density at radius 1 is 1.25 bits per heavy atom.